The molecule has 0 bridgehead atoms. The van der Waals surface area contributed by atoms with E-state index in [0.717, 1.165) is 0 Å². The van der Waals surface area contributed by atoms with Gasteiger partial charge in [-0.15, -0.1) is 0 Å². The average molecular weight is 403 g/mol. The first-order chi connectivity index (χ1) is 13.7. The van der Waals surface area contributed by atoms with Gasteiger partial charge in [0.1, 0.15) is 6.10 Å². The van der Waals surface area contributed by atoms with Crippen LogP contribution >= 0.6 is 0 Å². The Balaban J connectivity index is 1.89. The smallest absolute Gasteiger partial charge is 0.338 e. The van der Waals surface area contributed by atoms with E-state index in [1.165, 1.54) is 6.92 Å². The second kappa shape index (κ2) is 8.12. The van der Waals surface area contributed by atoms with Gasteiger partial charge in [0, 0.05) is 26.4 Å². The van der Waals surface area contributed by atoms with Crippen LogP contribution in [0.25, 0.3) is 0 Å². The summed E-state index contributed by atoms with van der Waals surface area (Å²) >= 11 is 0. The maximum Gasteiger partial charge on any atom is 0.338 e. The van der Waals surface area contributed by atoms with E-state index in [2.05, 4.69) is 15.6 Å². The minimum absolute atomic E-state index is 0.156. The Kier molecular flexibility index (Phi) is 5.95. The first-order valence-corrected chi connectivity index (χ1v) is 9.85. The molecule has 1 aromatic carbocycles. The molecule has 1 saturated carbocycles. The van der Waals surface area contributed by atoms with Crippen molar-refractivity contribution in [1.29, 1.82) is 0 Å². The highest BCUT2D eigenvalue weighted by molar-refractivity contribution is 5.96. The van der Waals surface area contributed by atoms with Crippen LogP contribution in [0.15, 0.2) is 35.3 Å². The summed E-state index contributed by atoms with van der Waals surface area (Å²) in [7, 11) is 1.56. The van der Waals surface area contributed by atoms with Crippen molar-refractivity contribution in [1.82, 2.24) is 10.6 Å². The number of aliphatic hydroxyl groups is 1. The topological polar surface area (TPSA) is 109 Å². The van der Waals surface area contributed by atoms with Gasteiger partial charge in [-0.05, 0) is 31.9 Å². The molecule has 1 aliphatic heterocycles. The Morgan fingerprint density at radius 3 is 2.59 bits per heavy atom. The molecule has 0 aromatic heterocycles. The summed E-state index contributed by atoms with van der Waals surface area (Å²) in [4.78, 5) is 28.6. The number of benzene rings is 1. The lowest BCUT2D eigenvalue weighted by Crippen LogP contribution is -2.70. The molecule has 1 amide bonds. The van der Waals surface area contributed by atoms with Gasteiger partial charge in [-0.25, -0.2) is 9.79 Å². The van der Waals surface area contributed by atoms with Crippen molar-refractivity contribution in [3.8, 4) is 0 Å². The molecule has 158 valence electrons. The molecule has 1 heterocycles. The third-order valence-electron chi connectivity index (χ3n) is 5.98. The number of methoxy groups -OCH3 is 1. The highest BCUT2D eigenvalue weighted by atomic mass is 16.6. The molecule has 2 aliphatic rings. The molecule has 0 radical (unpaired) electrons. The van der Waals surface area contributed by atoms with Crippen molar-refractivity contribution in [2.75, 3.05) is 7.11 Å². The van der Waals surface area contributed by atoms with Crippen LogP contribution in [0, 0.1) is 5.92 Å². The highest BCUT2D eigenvalue weighted by Crippen LogP contribution is 2.46. The molecule has 3 N–H and O–H groups in total. The third-order valence-corrected chi connectivity index (χ3v) is 5.98. The number of guanidine groups is 1. The van der Waals surface area contributed by atoms with Crippen LogP contribution in [0.5, 0.6) is 0 Å². The largest absolute Gasteiger partial charge is 0.456 e. The fourth-order valence-corrected chi connectivity index (χ4v) is 4.36. The zero-order valence-electron chi connectivity index (χ0n) is 17.3. The van der Waals surface area contributed by atoms with E-state index in [1.807, 2.05) is 13.0 Å². The summed E-state index contributed by atoms with van der Waals surface area (Å²) in [6, 6.07) is 8.71. The number of aliphatic imine (C=N–C) groups is 1. The second-order valence-corrected chi connectivity index (χ2v) is 8.05. The molecule has 5 atom stereocenters. The van der Waals surface area contributed by atoms with Crippen LogP contribution in [-0.4, -0.2) is 53.5 Å². The summed E-state index contributed by atoms with van der Waals surface area (Å²) in [6.07, 6.45) is 0.100. The number of fused-ring (bicyclic) bond motifs is 1. The molecule has 3 rings (SSSR count). The van der Waals surface area contributed by atoms with Crippen molar-refractivity contribution in [3.05, 3.63) is 35.9 Å². The number of rotatable bonds is 4. The number of carbonyl (C=O) groups excluding carboxylic acids is 2. The van der Waals surface area contributed by atoms with E-state index in [9.17, 15) is 14.7 Å². The minimum atomic E-state index is -1.24. The Morgan fingerprint density at radius 1 is 1.31 bits per heavy atom. The first-order valence-electron chi connectivity index (χ1n) is 9.85. The predicted octanol–water partition coefficient (Wildman–Crippen LogP) is 1.59. The van der Waals surface area contributed by atoms with E-state index >= 15 is 0 Å². The van der Waals surface area contributed by atoms with E-state index in [4.69, 9.17) is 9.47 Å². The van der Waals surface area contributed by atoms with E-state index in [0.29, 0.717) is 30.8 Å². The molecule has 1 fully saturated rings. The summed E-state index contributed by atoms with van der Waals surface area (Å²) in [5.74, 6) is -0.546. The van der Waals surface area contributed by atoms with Crippen molar-refractivity contribution in [2.24, 2.45) is 10.9 Å². The maximum absolute atomic E-state index is 12.6. The molecule has 8 heteroatoms. The fourth-order valence-electron chi connectivity index (χ4n) is 4.36. The number of nitrogens with zero attached hydrogens (tertiary/aromatic N) is 1. The molecule has 29 heavy (non-hydrogen) atoms. The summed E-state index contributed by atoms with van der Waals surface area (Å²) in [5, 5.41) is 17.1. The number of hydrogen-bond acceptors (Lipinski definition) is 7. The Bertz CT molecular complexity index is 795. The van der Waals surface area contributed by atoms with Crippen LogP contribution in [0.4, 0.5) is 0 Å². The van der Waals surface area contributed by atoms with Crippen LogP contribution in [-0.2, 0) is 14.3 Å². The van der Waals surface area contributed by atoms with Gasteiger partial charge in [0.15, 0.2) is 6.23 Å². The summed E-state index contributed by atoms with van der Waals surface area (Å²) in [5.41, 5.74) is -1.36. The molecule has 1 aliphatic carbocycles. The van der Waals surface area contributed by atoms with Gasteiger partial charge in [0.25, 0.3) is 0 Å². The zero-order chi connectivity index (χ0) is 21.2. The number of ether oxygens (including phenoxy) is 2. The van der Waals surface area contributed by atoms with Crippen LogP contribution in [0.2, 0.25) is 0 Å². The maximum atomic E-state index is 12.6. The van der Waals surface area contributed by atoms with Gasteiger partial charge in [-0.2, -0.15) is 0 Å². The van der Waals surface area contributed by atoms with Gasteiger partial charge >= 0.3 is 5.97 Å². The fraction of sp³-hybridized carbons (Fsp3) is 0.571. The lowest BCUT2D eigenvalue weighted by atomic mass is 9.63. The molecule has 0 unspecified atom stereocenters. The summed E-state index contributed by atoms with van der Waals surface area (Å²) in [6.45, 7) is 5.10. The number of hydrogen-bond donors (Lipinski definition) is 3. The van der Waals surface area contributed by atoms with E-state index < -0.39 is 29.4 Å². The second-order valence-electron chi connectivity index (χ2n) is 8.05. The van der Waals surface area contributed by atoms with Gasteiger partial charge < -0.3 is 19.9 Å². The van der Waals surface area contributed by atoms with Gasteiger partial charge in [-0.1, -0.05) is 25.1 Å². The Morgan fingerprint density at radius 2 is 2.00 bits per heavy atom. The lowest BCUT2D eigenvalue weighted by molar-refractivity contribution is -0.154. The molecule has 0 saturated heterocycles. The number of nitrogens with one attached hydrogen (secondary N) is 2. The van der Waals surface area contributed by atoms with Crippen molar-refractivity contribution < 1.29 is 24.2 Å². The van der Waals surface area contributed by atoms with Gasteiger partial charge in [0.2, 0.25) is 11.9 Å². The van der Waals surface area contributed by atoms with Gasteiger partial charge in [0.05, 0.1) is 16.7 Å². The third kappa shape index (κ3) is 4.28. The van der Waals surface area contributed by atoms with Crippen molar-refractivity contribution in [3.63, 3.8) is 0 Å². The first kappa shape index (κ1) is 21.3. The van der Waals surface area contributed by atoms with E-state index in [-0.39, 0.29) is 11.8 Å². The number of esters is 1. The molecule has 1 aromatic rings. The average Bonchev–Trinajstić information content (AvgIpc) is 2.68. The minimum Gasteiger partial charge on any atom is -0.456 e. The predicted molar refractivity (Wildman–Crippen MR) is 107 cm³/mol. The Labute approximate surface area is 170 Å². The standard InChI is InChI=1S/C21H29N3O5/c1-5-21-12-16(29-18(26)14-9-7-6-8-10-14)20(3,27)11-15(21)17(28-4)23-19(24-21)22-13(2)25/h6-10,15-17,27H,5,11-12H2,1-4H3,(H2,22,23,24,25)/t15-,16-,17+,20+,21+/m1/s1. The molecular formula is C21H29N3O5. The summed E-state index contributed by atoms with van der Waals surface area (Å²) < 4.78 is 11.3. The monoisotopic (exact) mass is 403 g/mol. The molecule has 8 nitrogen and oxygen atoms in total. The van der Waals surface area contributed by atoms with Crippen LogP contribution in [0.1, 0.15) is 50.4 Å². The molecular weight excluding hydrogens is 374 g/mol. The lowest BCUT2D eigenvalue weighted by Gasteiger charge is -2.55. The SMILES string of the molecule is CC[C@]12C[C@@H](OC(=O)c3ccccc3)[C@@](C)(O)C[C@@H]1[C@H](OC)N=C(NC(C)=O)N2. The number of carbonyl (C=O) groups is 2. The normalized spacial score (nSPS) is 33.7. The molecule has 0 spiro atoms. The highest BCUT2D eigenvalue weighted by Gasteiger charge is 2.57. The van der Waals surface area contributed by atoms with Gasteiger partial charge in [-0.3, -0.25) is 10.1 Å². The van der Waals surface area contributed by atoms with Crippen LogP contribution in [0.3, 0.4) is 0 Å². The zero-order valence-corrected chi connectivity index (χ0v) is 17.3. The van der Waals surface area contributed by atoms with E-state index in [1.54, 1.807) is 38.3 Å². The van der Waals surface area contributed by atoms with Crippen molar-refractivity contribution >= 4 is 17.8 Å². The quantitative estimate of drug-likeness (QED) is 0.659. The Hall–Kier alpha value is -2.45. The van der Waals surface area contributed by atoms with Crippen molar-refractivity contribution in [2.45, 2.75) is 63.5 Å². The van der Waals surface area contributed by atoms with Crippen LogP contribution < -0.4 is 10.6 Å². The number of amides is 1.